The minimum absolute atomic E-state index is 0.195. The highest BCUT2D eigenvalue weighted by Crippen LogP contribution is 2.05. The van der Waals surface area contributed by atoms with Gasteiger partial charge in [0.1, 0.15) is 10.8 Å². The van der Waals surface area contributed by atoms with Gasteiger partial charge in [0, 0.05) is 18.9 Å². The molecule has 1 amide bonds. The van der Waals surface area contributed by atoms with Gasteiger partial charge in [-0.25, -0.2) is 4.98 Å². The van der Waals surface area contributed by atoms with Crippen molar-refractivity contribution in [3.8, 4) is 0 Å². The van der Waals surface area contributed by atoms with Crippen LogP contribution in [0.3, 0.4) is 0 Å². The van der Waals surface area contributed by atoms with Crippen molar-refractivity contribution in [2.45, 2.75) is 13.5 Å². The Kier molecular flexibility index (Phi) is 3.84. The summed E-state index contributed by atoms with van der Waals surface area (Å²) in [5.74, 6) is -0.312. The first kappa shape index (κ1) is 12.4. The smallest absolute Gasteiger partial charge is 0.271 e. The molecular weight excluding hydrogens is 252 g/mol. The van der Waals surface area contributed by atoms with Crippen LogP contribution < -0.4 is 5.32 Å². The Labute approximate surface area is 109 Å². The molecular formula is C12H11ClN4O. The second-order valence-electron chi connectivity index (χ2n) is 3.71. The third-order valence-electron chi connectivity index (χ3n) is 2.42. The zero-order valence-corrected chi connectivity index (χ0v) is 10.5. The van der Waals surface area contributed by atoms with Gasteiger partial charge in [0.2, 0.25) is 0 Å². The lowest BCUT2D eigenvalue weighted by Crippen LogP contribution is -2.24. The van der Waals surface area contributed by atoms with Crippen LogP contribution in [0.25, 0.3) is 0 Å². The summed E-state index contributed by atoms with van der Waals surface area (Å²) in [4.78, 5) is 23.5. The van der Waals surface area contributed by atoms with Crippen LogP contribution in [0.1, 0.15) is 21.6 Å². The second kappa shape index (κ2) is 5.55. The molecule has 0 radical (unpaired) electrons. The summed E-state index contributed by atoms with van der Waals surface area (Å²) in [6.07, 6.45) is 6.18. The summed E-state index contributed by atoms with van der Waals surface area (Å²) in [6.45, 7) is 2.36. The zero-order chi connectivity index (χ0) is 13.0. The minimum atomic E-state index is -0.312. The van der Waals surface area contributed by atoms with E-state index in [2.05, 4.69) is 20.3 Å². The van der Waals surface area contributed by atoms with Gasteiger partial charge in [-0.15, -0.1) is 0 Å². The fourth-order valence-corrected chi connectivity index (χ4v) is 1.55. The van der Waals surface area contributed by atoms with Crippen molar-refractivity contribution in [3.63, 3.8) is 0 Å². The van der Waals surface area contributed by atoms with Gasteiger partial charge in [-0.2, -0.15) is 0 Å². The molecule has 0 aliphatic heterocycles. The standard InChI is InChI=1S/C12H11ClN4O/c1-8-2-3-14-4-9(8)5-16-12(18)10-6-15-7-11(13)17-10/h2-4,6-7H,5H2,1H3,(H,16,18). The van der Waals surface area contributed by atoms with E-state index in [0.29, 0.717) is 6.54 Å². The number of hydrogen-bond acceptors (Lipinski definition) is 4. The summed E-state index contributed by atoms with van der Waals surface area (Å²) in [5, 5.41) is 2.94. The molecule has 0 saturated heterocycles. The van der Waals surface area contributed by atoms with Gasteiger partial charge in [-0.05, 0) is 24.1 Å². The molecule has 1 N–H and O–H groups in total. The van der Waals surface area contributed by atoms with Crippen molar-refractivity contribution in [3.05, 3.63) is 52.8 Å². The summed E-state index contributed by atoms with van der Waals surface area (Å²) < 4.78 is 0. The van der Waals surface area contributed by atoms with E-state index in [9.17, 15) is 4.79 Å². The third-order valence-corrected chi connectivity index (χ3v) is 2.61. The molecule has 0 saturated carbocycles. The van der Waals surface area contributed by atoms with Crippen molar-refractivity contribution in [1.29, 1.82) is 0 Å². The number of rotatable bonds is 3. The van der Waals surface area contributed by atoms with Gasteiger partial charge in [0.25, 0.3) is 5.91 Å². The Bertz CT molecular complexity index is 574. The van der Waals surface area contributed by atoms with Crippen LogP contribution in [-0.4, -0.2) is 20.9 Å². The van der Waals surface area contributed by atoms with E-state index in [-0.39, 0.29) is 16.8 Å². The van der Waals surface area contributed by atoms with Crippen LogP contribution in [-0.2, 0) is 6.54 Å². The Morgan fingerprint density at radius 3 is 2.89 bits per heavy atom. The van der Waals surface area contributed by atoms with Crippen molar-refractivity contribution in [2.24, 2.45) is 0 Å². The van der Waals surface area contributed by atoms with Crippen LogP contribution in [0.15, 0.2) is 30.9 Å². The molecule has 2 rings (SSSR count). The topological polar surface area (TPSA) is 67.8 Å². The number of nitrogens with zero attached hydrogens (tertiary/aromatic N) is 3. The highest BCUT2D eigenvalue weighted by molar-refractivity contribution is 6.29. The SMILES string of the molecule is Cc1ccncc1CNC(=O)c1cncc(Cl)n1. The predicted molar refractivity (Wildman–Crippen MR) is 67.2 cm³/mol. The molecule has 0 aromatic carbocycles. The maximum atomic E-state index is 11.8. The summed E-state index contributed by atoms with van der Waals surface area (Å²) in [5.41, 5.74) is 2.23. The molecule has 0 bridgehead atoms. The fraction of sp³-hybridized carbons (Fsp3) is 0.167. The third kappa shape index (κ3) is 3.01. The number of halogens is 1. The number of pyridine rings is 1. The molecule has 92 valence electrons. The van der Waals surface area contributed by atoms with E-state index >= 15 is 0 Å². The van der Waals surface area contributed by atoms with Crippen molar-refractivity contribution >= 4 is 17.5 Å². The summed E-state index contributed by atoms with van der Waals surface area (Å²) in [7, 11) is 0. The van der Waals surface area contributed by atoms with Gasteiger partial charge in [0.15, 0.2) is 0 Å². The molecule has 0 atom stereocenters. The van der Waals surface area contributed by atoms with Gasteiger partial charge in [0.05, 0.1) is 12.4 Å². The first-order chi connectivity index (χ1) is 8.66. The minimum Gasteiger partial charge on any atom is -0.347 e. The summed E-state index contributed by atoms with van der Waals surface area (Å²) in [6, 6.07) is 1.89. The molecule has 5 nitrogen and oxygen atoms in total. The molecule has 18 heavy (non-hydrogen) atoms. The largest absolute Gasteiger partial charge is 0.347 e. The van der Waals surface area contributed by atoms with Crippen LogP contribution in [0.2, 0.25) is 5.15 Å². The van der Waals surface area contributed by atoms with Crippen LogP contribution >= 0.6 is 11.6 Å². The average molecular weight is 263 g/mol. The first-order valence-electron chi connectivity index (χ1n) is 5.32. The van der Waals surface area contributed by atoms with E-state index < -0.39 is 0 Å². The molecule has 2 heterocycles. The number of hydrogen-bond donors (Lipinski definition) is 1. The monoisotopic (exact) mass is 262 g/mol. The number of aromatic nitrogens is 3. The lowest BCUT2D eigenvalue weighted by Gasteiger charge is -2.06. The fourth-order valence-electron chi connectivity index (χ4n) is 1.40. The Morgan fingerprint density at radius 1 is 1.33 bits per heavy atom. The lowest BCUT2D eigenvalue weighted by molar-refractivity contribution is 0.0945. The first-order valence-corrected chi connectivity index (χ1v) is 5.70. The molecule has 0 aliphatic carbocycles. The lowest BCUT2D eigenvalue weighted by atomic mass is 10.1. The van der Waals surface area contributed by atoms with Gasteiger partial charge in [-0.3, -0.25) is 14.8 Å². The van der Waals surface area contributed by atoms with E-state index in [1.54, 1.807) is 12.4 Å². The van der Waals surface area contributed by atoms with Crippen molar-refractivity contribution in [2.75, 3.05) is 0 Å². The molecule has 0 unspecified atom stereocenters. The number of carbonyl (C=O) groups is 1. The molecule has 0 spiro atoms. The molecule has 2 aromatic rings. The predicted octanol–water partition coefficient (Wildman–Crippen LogP) is 1.76. The van der Waals surface area contributed by atoms with E-state index in [4.69, 9.17) is 11.6 Å². The molecule has 0 fully saturated rings. The van der Waals surface area contributed by atoms with Crippen molar-refractivity contribution in [1.82, 2.24) is 20.3 Å². The van der Waals surface area contributed by atoms with Gasteiger partial charge in [-0.1, -0.05) is 11.6 Å². The highest BCUT2D eigenvalue weighted by Gasteiger charge is 2.08. The number of carbonyl (C=O) groups excluding carboxylic acids is 1. The van der Waals surface area contributed by atoms with Crippen LogP contribution in [0.4, 0.5) is 0 Å². The highest BCUT2D eigenvalue weighted by atomic mass is 35.5. The van der Waals surface area contributed by atoms with Crippen molar-refractivity contribution < 1.29 is 4.79 Å². The number of nitrogens with one attached hydrogen (secondary N) is 1. The Balaban J connectivity index is 2.03. The van der Waals surface area contributed by atoms with Gasteiger partial charge >= 0.3 is 0 Å². The second-order valence-corrected chi connectivity index (χ2v) is 4.10. The maximum absolute atomic E-state index is 11.8. The van der Waals surface area contributed by atoms with Gasteiger partial charge < -0.3 is 5.32 Å². The molecule has 0 aliphatic rings. The van der Waals surface area contributed by atoms with E-state index in [1.165, 1.54) is 12.4 Å². The Hall–Kier alpha value is -2.01. The van der Waals surface area contributed by atoms with Crippen LogP contribution in [0.5, 0.6) is 0 Å². The molecule has 6 heteroatoms. The van der Waals surface area contributed by atoms with E-state index in [1.807, 2.05) is 13.0 Å². The summed E-state index contributed by atoms with van der Waals surface area (Å²) >= 11 is 5.67. The maximum Gasteiger partial charge on any atom is 0.271 e. The number of aryl methyl sites for hydroxylation is 1. The zero-order valence-electron chi connectivity index (χ0n) is 9.72. The average Bonchev–Trinajstić information content (AvgIpc) is 2.37. The number of amides is 1. The quantitative estimate of drug-likeness (QED) is 0.915. The van der Waals surface area contributed by atoms with Crippen LogP contribution in [0, 0.1) is 6.92 Å². The normalized spacial score (nSPS) is 10.1. The Morgan fingerprint density at radius 2 is 2.17 bits per heavy atom. The molecule has 2 aromatic heterocycles. The van der Waals surface area contributed by atoms with E-state index in [0.717, 1.165) is 11.1 Å².